The van der Waals surface area contributed by atoms with E-state index in [1.54, 1.807) is 0 Å². The van der Waals surface area contributed by atoms with Gasteiger partial charge in [-0.25, -0.2) is 0 Å². The van der Waals surface area contributed by atoms with Crippen LogP contribution in [0.2, 0.25) is 0 Å². The second-order valence-corrected chi connectivity index (χ2v) is 5.34. The van der Waals surface area contributed by atoms with Gasteiger partial charge in [-0.15, -0.1) is 0 Å². The fourth-order valence-electron chi connectivity index (χ4n) is 2.76. The van der Waals surface area contributed by atoms with Crippen molar-refractivity contribution in [1.82, 2.24) is 5.32 Å². The molecule has 2 aliphatic heterocycles. The van der Waals surface area contributed by atoms with Crippen molar-refractivity contribution in [2.75, 3.05) is 25.0 Å². The predicted molar refractivity (Wildman–Crippen MR) is 69.8 cm³/mol. The molecule has 17 heavy (non-hydrogen) atoms. The smallest absolute Gasteiger partial charge is 0.124 e. The predicted octanol–water partition coefficient (Wildman–Crippen LogP) is 2.18. The lowest BCUT2D eigenvalue weighted by Crippen LogP contribution is -2.42. The second kappa shape index (κ2) is 4.22. The van der Waals surface area contributed by atoms with Crippen molar-refractivity contribution < 1.29 is 4.74 Å². The van der Waals surface area contributed by atoms with Crippen molar-refractivity contribution in [1.29, 1.82) is 0 Å². The number of hydrogen-bond acceptors (Lipinski definition) is 3. The molecule has 3 nitrogen and oxygen atoms in total. The molecular weight excluding hydrogens is 212 g/mol. The molecule has 2 aliphatic rings. The van der Waals surface area contributed by atoms with Gasteiger partial charge in [0.2, 0.25) is 0 Å². The molecule has 0 saturated carbocycles. The van der Waals surface area contributed by atoms with E-state index in [1.165, 1.54) is 24.1 Å². The quantitative estimate of drug-likeness (QED) is 0.838. The van der Waals surface area contributed by atoms with Gasteiger partial charge in [0.15, 0.2) is 0 Å². The number of hydrogen-bond donors (Lipinski definition) is 2. The molecule has 0 bridgehead atoms. The van der Waals surface area contributed by atoms with Gasteiger partial charge in [-0.05, 0) is 44.9 Å². The topological polar surface area (TPSA) is 33.3 Å². The lowest BCUT2D eigenvalue weighted by atomic mass is 10.0. The molecule has 1 saturated heterocycles. The van der Waals surface area contributed by atoms with Crippen LogP contribution >= 0.6 is 0 Å². The van der Waals surface area contributed by atoms with Crippen molar-refractivity contribution in [2.24, 2.45) is 0 Å². The van der Waals surface area contributed by atoms with Gasteiger partial charge < -0.3 is 15.4 Å². The van der Waals surface area contributed by atoms with Crippen molar-refractivity contribution in [2.45, 2.75) is 31.7 Å². The van der Waals surface area contributed by atoms with Crippen molar-refractivity contribution in [3.05, 3.63) is 23.8 Å². The summed E-state index contributed by atoms with van der Waals surface area (Å²) >= 11 is 0. The molecule has 92 valence electrons. The van der Waals surface area contributed by atoms with Gasteiger partial charge in [-0.3, -0.25) is 0 Å². The van der Waals surface area contributed by atoms with Crippen molar-refractivity contribution >= 4 is 5.69 Å². The van der Waals surface area contributed by atoms with Crippen molar-refractivity contribution in [3.8, 4) is 5.75 Å². The van der Waals surface area contributed by atoms with Gasteiger partial charge in [-0.2, -0.15) is 0 Å². The van der Waals surface area contributed by atoms with E-state index >= 15 is 0 Å². The Kier molecular flexibility index (Phi) is 2.71. The first kappa shape index (κ1) is 10.9. The van der Waals surface area contributed by atoms with Gasteiger partial charge >= 0.3 is 0 Å². The Morgan fingerprint density at radius 3 is 3.12 bits per heavy atom. The Hall–Kier alpha value is -1.22. The van der Waals surface area contributed by atoms with E-state index in [4.69, 9.17) is 4.74 Å². The maximum atomic E-state index is 6.03. The van der Waals surface area contributed by atoms with Gasteiger partial charge in [-0.1, -0.05) is 6.07 Å². The minimum atomic E-state index is 0.161. The van der Waals surface area contributed by atoms with Crippen LogP contribution in [0.5, 0.6) is 5.75 Å². The highest BCUT2D eigenvalue weighted by atomic mass is 16.5. The number of fused-ring (bicyclic) bond motifs is 1. The molecule has 1 aromatic carbocycles. The van der Waals surface area contributed by atoms with Gasteiger partial charge in [0.25, 0.3) is 0 Å². The summed E-state index contributed by atoms with van der Waals surface area (Å²) in [5.41, 5.74) is 2.75. The first-order valence-electron chi connectivity index (χ1n) is 6.50. The molecule has 0 aromatic heterocycles. The minimum absolute atomic E-state index is 0.161. The summed E-state index contributed by atoms with van der Waals surface area (Å²) in [5, 5.41) is 6.91. The number of rotatable bonds is 3. The highest BCUT2D eigenvalue weighted by molar-refractivity contribution is 5.61. The molecule has 0 spiro atoms. The third kappa shape index (κ3) is 2.12. The molecule has 1 aromatic rings. The highest BCUT2D eigenvalue weighted by Gasteiger charge is 2.29. The van der Waals surface area contributed by atoms with Crippen LogP contribution in [0.1, 0.15) is 25.3 Å². The maximum Gasteiger partial charge on any atom is 0.124 e. The van der Waals surface area contributed by atoms with E-state index in [0.29, 0.717) is 0 Å². The second-order valence-electron chi connectivity index (χ2n) is 5.34. The summed E-state index contributed by atoms with van der Waals surface area (Å²) in [7, 11) is 0. The van der Waals surface area contributed by atoms with Crippen LogP contribution in [-0.4, -0.2) is 25.2 Å². The fraction of sp³-hybridized carbons (Fsp3) is 0.571. The summed E-state index contributed by atoms with van der Waals surface area (Å²) < 4.78 is 6.03. The Morgan fingerprint density at radius 2 is 2.29 bits per heavy atom. The van der Waals surface area contributed by atoms with Gasteiger partial charge in [0, 0.05) is 23.3 Å². The van der Waals surface area contributed by atoms with E-state index in [2.05, 4.69) is 35.8 Å². The summed E-state index contributed by atoms with van der Waals surface area (Å²) in [6.45, 7) is 5.17. The average Bonchev–Trinajstić information content (AvgIpc) is 2.95. The fourth-order valence-corrected chi connectivity index (χ4v) is 2.76. The number of ether oxygens (including phenoxy) is 1. The zero-order chi connectivity index (χ0) is 11.7. The van der Waals surface area contributed by atoms with Crippen LogP contribution in [0.15, 0.2) is 18.2 Å². The van der Waals surface area contributed by atoms with Crippen LogP contribution in [0.4, 0.5) is 5.69 Å². The third-order valence-corrected chi connectivity index (χ3v) is 3.83. The van der Waals surface area contributed by atoms with Crippen LogP contribution in [0.3, 0.4) is 0 Å². The molecule has 1 atom stereocenters. The Morgan fingerprint density at radius 1 is 1.35 bits per heavy atom. The molecule has 3 rings (SSSR count). The number of benzene rings is 1. The molecule has 0 radical (unpaired) electrons. The molecule has 0 aliphatic carbocycles. The van der Waals surface area contributed by atoms with E-state index in [0.717, 1.165) is 31.9 Å². The summed E-state index contributed by atoms with van der Waals surface area (Å²) in [6, 6.07) is 6.28. The molecule has 3 heteroatoms. The summed E-state index contributed by atoms with van der Waals surface area (Å²) in [5.74, 6) is 1.06. The highest BCUT2D eigenvalue weighted by Crippen LogP contribution is 2.31. The standard InChI is InChI=1S/C14H20N2O/c1-14(7-3-8-16-14)10-17-13-5-2-4-12-11(13)6-9-15-12/h2,4-5,15-16H,3,6-10H2,1H3. The molecule has 0 amide bonds. The van der Waals surface area contributed by atoms with Crippen molar-refractivity contribution in [3.63, 3.8) is 0 Å². The molecule has 1 unspecified atom stereocenters. The first-order valence-corrected chi connectivity index (χ1v) is 6.50. The van der Waals surface area contributed by atoms with Crippen LogP contribution in [0.25, 0.3) is 0 Å². The minimum Gasteiger partial charge on any atom is -0.491 e. The normalized spacial score (nSPS) is 26.6. The van der Waals surface area contributed by atoms with E-state index < -0.39 is 0 Å². The van der Waals surface area contributed by atoms with Gasteiger partial charge in [0.05, 0.1) is 0 Å². The largest absolute Gasteiger partial charge is 0.491 e. The Balaban J connectivity index is 1.71. The lowest BCUT2D eigenvalue weighted by Gasteiger charge is -2.25. The Bertz CT molecular complexity index is 411. The van der Waals surface area contributed by atoms with Crippen LogP contribution in [0, 0.1) is 0 Å². The summed E-state index contributed by atoms with van der Waals surface area (Å²) in [6.07, 6.45) is 3.55. The van der Waals surface area contributed by atoms with Gasteiger partial charge in [0.1, 0.15) is 12.4 Å². The lowest BCUT2D eigenvalue weighted by molar-refractivity contribution is 0.211. The van der Waals surface area contributed by atoms with E-state index in [1.807, 2.05) is 0 Å². The maximum absolute atomic E-state index is 6.03. The van der Waals surface area contributed by atoms with Crippen LogP contribution in [-0.2, 0) is 6.42 Å². The molecule has 2 heterocycles. The first-order chi connectivity index (χ1) is 8.27. The third-order valence-electron chi connectivity index (χ3n) is 3.83. The number of anilines is 1. The monoisotopic (exact) mass is 232 g/mol. The molecule has 1 fully saturated rings. The Labute approximate surface area is 103 Å². The average molecular weight is 232 g/mol. The summed E-state index contributed by atoms with van der Waals surface area (Å²) in [4.78, 5) is 0. The number of nitrogens with one attached hydrogen (secondary N) is 2. The zero-order valence-electron chi connectivity index (χ0n) is 10.4. The molecular formula is C14H20N2O. The SMILES string of the molecule is CC1(COc2cccc3c2CCN3)CCCN1. The van der Waals surface area contributed by atoms with E-state index in [9.17, 15) is 0 Å². The van der Waals surface area contributed by atoms with Crippen LogP contribution < -0.4 is 15.4 Å². The van der Waals surface area contributed by atoms with E-state index in [-0.39, 0.29) is 5.54 Å². The zero-order valence-corrected chi connectivity index (χ0v) is 10.4. The molecule has 2 N–H and O–H groups in total.